The van der Waals surface area contributed by atoms with Crippen LogP contribution in [0, 0.1) is 6.92 Å². The van der Waals surface area contributed by atoms with Crippen LogP contribution in [0.1, 0.15) is 11.7 Å². The molecule has 0 amide bonds. The van der Waals surface area contributed by atoms with Gasteiger partial charge in [-0.1, -0.05) is 5.16 Å². The summed E-state index contributed by atoms with van der Waals surface area (Å²) in [7, 11) is 1.49. The summed E-state index contributed by atoms with van der Waals surface area (Å²) in [6, 6.07) is 0. The van der Waals surface area contributed by atoms with E-state index >= 15 is 0 Å². The minimum atomic E-state index is 0.326. The van der Waals surface area contributed by atoms with Crippen molar-refractivity contribution in [2.75, 3.05) is 18.2 Å². The average Bonchev–Trinajstić information content (AvgIpc) is 2.74. The zero-order valence-corrected chi connectivity index (χ0v) is 9.47. The summed E-state index contributed by atoms with van der Waals surface area (Å²) in [6.45, 7) is 2.08. The molecule has 0 aliphatic heterocycles. The van der Waals surface area contributed by atoms with Crippen molar-refractivity contribution in [1.29, 1.82) is 0 Å². The van der Waals surface area contributed by atoms with Crippen molar-refractivity contribution < 1.29 is 9.26 Å². The summed E-state index contributed by atoms with van der Waals surface area (Å²) in [4.78, 5) is 11.9. The average molecular weight is 236 g/mol. The Morgan fingerprint density at radius 2 is 2.29 bits per heavy atom. The number of anilines is 2. The van der Waals surface area contributed by atoms with Crippen molar-refractivity contribution in [3.8, 4) is 5.88 Å². The second-order valence-electron chi connectivity index (χ2n) is 3.23. The molecule has 8 nitrogen and oxygen atoms in total. The fourth-order valence-corrected chi connectivity index (χ4v) is 1.26. The number of nitrogens with one attached hydrogen (secondary N) is 1. The molecule has 2 heterocycles. The molecule has 0 spiro atoms. The monoisotopic (exact) mass is 236 g/mol. The van der Waals surface area contributed by atoms with E-state index in [1.807, 2.05) is 0 Å². The third-order valence-corrected chi connectivity index (χ3v) is 2.02. The summed E-state index contributed by atoms with van der Waals surface area (Å²) in [5.74, 6) is 1.83. The van der Waals surface area contributed by atoms with E-state index in [-0.39, 0.29) is 0 Å². The topological polar surface area (TPSA) is 112 Å². The lowest BCUT2D eigenvalue weighted by atomic mass is 10.4. The number of nitrogens with zero attached hydrogens (tertiary/aromatic N) is 4. The van der Waals surface area contributed by atoms with Crippen LogP contribution in [0.5, 0.6) is 5.88 Å². The zero-order valence-electron chi connectivity index (χ0n) is 9.47. The molecule has 0 saturated heterocycles. The van der Waals surface area contributed by atoms with E-state index in [9.17, 15) is 0 Å². The van der Waals surface area contributed by atoms with Crippen LogP contribution in [0.2, 0.25) is 0 Å². The molecule has 0 unspecified atom stereocenters. The van der Waals surface area contributed by atoms with Gasteiger partial charge in [0.2, 0.25) is 11.8 Å². The van der Waals surface area contributed by atoms with E-state index in [4.69, 9.17) is 15.0 Å². The Balaban J connectivity index is 2.09. The molecule has 8 heteroatoms. The number of rotatable bonds is 4. The van der Waals surface area contributed by atoms with Crippen LogP contribution in [-0.2, 0) is 6.54 Å². The van der Waals surface area contributed by atoms with Gasteiger partial charge in [0.05, 0.1) is 13.7 Å². The molecule has 2 aromatic rings. The SMILES string of the molecule is COc1ncnc(NCc2noc(C)n2)c1N. The molecule has 0 aromatic carbocycles. The molecular formula is C9H12N6O2. The van der Waals surface area contributed by atoms with E-state index < -0.39 is 0 Å². The molecule has 2 rings (SSSR count). The van der Waals surface area contributed by atoms with Crippen LogP contribution < -0.4 is 15.8 Å². The summed E-state index contributed by atoms with van der Waals surface area (Å²) < 4.78 is 9.81. The first kappa shape index (κ1) is 11.1. The van der Waals surface area contributed by atoms with Crippen molar-refractivity contribution in [3.63, 3.8) is 0 Å². The Kier molecular flexibility index (Phi) is 3.03. The van der Waals surface area contributed by atoms with Crippen LogP contribution in [0.3, 0.4) is 0 Å². The van der Waals surface area contributed by atoms with Gasteiger partial charge in [0.1, 0.15) is 12.0 Å². The maximum Gasteiger partial charge on any atom is 0.242 e. The zero-order chi connectivity index (χ0) is 12.3. The molecule has 0 aliphatic rings. The number of nitrogen functional groups attached to an aromatic ring is 1. The lowest BCUT2D eigenvalue weighted by Gasteiger charge is -2.08. The fourth-order valence-electron chi connectivity index (χ4n) is 1.26. The Hall–Kier alpha value is -2.38. The predicted molar refractivity (Wildman–Crippen MR) is 59.4 cm³/mol. The van der Waals surface area contributed by atoms with Gasteiger partial charge in [0.25, 0.3) is 0 Å². The van der Waals surface area contributed by atoms with Gasteiger partial charge in [-0.15, -0.1) is 0 Å². The lowest BCUT2D eigenvalue weighted by Crippen LogP contribution is -2.07. The molecule has 0 fully saturated rings. The number of ether oxygens (including phenoxy) is 1. The van der Waals surface area contributed by atoms with E-state index in [0.717, 1.165) is 0 Å². The molecule has 2 aromatic heterocycles. The minimum absolute atomic E-state index is 0.326. The van der Waals surface area contributed by atoms with Crippen LogP contribution >= 0.6 is 0 Å². The van der Waals surface area contributed by atoms with E-state index in [1.165, 1.54) is 13.4 Å². The summed E-state index contributed by atoms with van der Waals surface area (Å²) in [6.07, 6.45) is 1.36. The smallest absolute Gasteiger partial charge is 0.242 e. The third-order valence-electron chi connectivity index (χ3n) is 2.02. The highest BCUT2D eigenvalue weighted by Gasteiger charge is 2.09. The predicted octanol–water partition coefficient (Wildman–Crippen LogP) is 0.371. The van der Waals surface area contributed by atoms with Crippen molar-refractivity contribution in [2.24, 2.45) is 0 Å². The second-order valence-corrected chi connectivity index (χ2v) is 3.23. The number of nitrogens with two attached hydrogens (primary N) is 1. The molecule has 17 heavy (non-hydrogen) atoms. The molecule has 0 atom stereocenters. The van der Waals surface area contributed by atoms with Crippen LogP contribution in [0.15, 0.2) is 10.9 Å². The van der Waals surface area contributed by atoms with Gasteiger partial charge in [-0.3, -0.25) is 0 Å². The van der Waals surface area contributed by atoms with Crippen LogP contribution in [0.4, 0.5) is 11.5 Å². The van der Waals surface area contributed by atoms with Gasteiger partial charge in [-0.25, -0.2) is 4.98 Å². The first-order chi connectivity index (χ1) is 8.20. The normalized spacial score (nSPS) is 10.2. The van der Waals surface area contributed by atoms with Gasteiger partial charge in [-0.2, -0.15) is 9.97 Å². The highest BCUT2D eigenvalue weighted by molar-refractivity contribution is 5.66. The Bertz CT molecular complexity index is 512. The van der Waals surface area contributed by atoms with Gasteiger partial charge in [0.15, 0.2) is 11.6 Å². The highest BCUT2D eigenvalue weighted by Crippen LogP contribution is 2.23. The maximum absolute atomic E-state index is 5.79. The van der Waals surface area contributed by atoms with Crippen molar-refractivity contribution in [1.82, 2.24) is 20.1 Å². The number of methoxy groups -OCH3 is 1. The van der Waals surface area contributed by atoms with Crippen molar-refractivity contribution in [3.05, 3.63) is 18.0 Å². The molecule has 0 saturated carbocycles. The first-order valence-corrected chi connectivity index (χ1v) is 4.88. The Morgan fingerprint density at radius 3 is 2.94 bits per heavy atom. The number of aromatic nitrogens is 4. The van der Waals surface area contributed by atoms with Gasteiger partial charge < -0.3 is 20.3 Å². The lowest BCUT2D eigenvalue weighted by molar-refractivity contribution is 0.388. The van der Waals surface area contributed by atoms with Crippen molar-refractivity contribution >= 4 is 11.5 Å². The quantitative estimate of drug-likeness (QED) is 0.783. The molecule has 90 valence electrons. The standard InChI is InChI=1S/C9H12N6O2/c1-5-14-6(15-17-5)3-11-8-7(10)9(16-2)13-4-12-8/h4H,3,10H2,1-2H3,(H,11,12,13). The van der Waals surface area contributed by atoms with E-state index in [2.05, 4.69) is 25.4 Å². The maximum atomic E-state index is 5.79. The van der Waals surface area contributed by atoms with E-state index in [0.29, 0.717) is 35.6 Å². The highest BCUT2D eigenvalue weighted by atomic mass is 16.5. The summed E-state index contributed by atoms with van der Waals surface area (Å²) in [5.41, 5.74) is 6.13. The second kappa shape index (κ2) is 4.64. The van der Waals surface area contributed by atoms with Gasteiger partial charge in [0, 0.05) is 6.92 Å². The summed E-state index contributed by atoms with van der Waals surface area (Å²) >= 11 is 0. The summed E-state index contributed by atoms with van der Waals surface area (Å²) in [5, 5.41) is 6.72. The molecular weight excluding hydrogens is 224 g/mol. The third kappa shape index (κ3) is 2.41. The number of aryl methyl sites for hydroxylation is 1. The Labute approximate surface area is 97.2 Å². The van der Waals surface area contributed by atoms with Gasteiger partial charge >= 0.3 is 0 Å². The van der Waals surface area contributed by atoms with Crippen LogP contribution in [0.25, 0.3) is 0 Å². The van der Waals surface area contributed by atoms with Crippen LogP contribution in [-0.4, -0.2) is 27.2 Å². The fraction of sp³-hybridized carbons (Fsp3) is 0.333. The first-order valence-electron chi connectivity index (χ1n) is 4.88. The minimum Gasteiger partial charge on any atom is -0.479 e. The number of hydrogen-bond acceptors (Lipinski definition) is 8. The molecule has 0 aliphatic carbocycles. The largest absolute Gasteiger partial charge is 0.479 e. The molecule has 0 radical (unpaired) electrons. The van der Waals surface area contributed by atoms with Crippen molar-refractivity contribution in [2.45, 2.75) is 13.5 Å². The molecule has 3 N–H and O–H groups in total. The Morgan fingerprint density at radius 1 is 1.47 bits per heavy atom. The molecule has 0 bridgehead atoms. The van der Waals surface area contributed by atoms with Gasteiger partial charge in [-0.05, 0) is 0 Å². The number of hydrogen-bond donors (Lipinski definition) is 2. The van der Waals surface area contributed by atoms with E-state index in [1.54, 1.807) is 6.92 Å².